The Morgan fingerprint density at radius 2 is 2.04 bits per heavy atom. The summed E-state index contributed by atoms with van der Waals surface area (Å²) >= 11 is 9.40. The molecule has 0 spiro atoms. The maximum atomic E-state index is 13.9. The van der Waals surface area contributed by atoms with Crippen molar-refractivity contribution in [3.05, 3.63) is 80.7 Å². The number of hydrogen-bond donors (Lipinski definition) is 1. The molecule has 3 rings (SSSR count). The van der Waals surface area contributed by atoms with Crippen LogP contribution in [0.5, 0.6) is 0 Å². The zero-order valence-corrected chi connectivity index (χ0v) is 15.6. The van der Waals surface area contributed by atoms with Crippen molar-refractivity contribution in [2.75, 3.05) is 5.32 Å². The molecule has 4 nitrogen and oxygen atoms in total. The first-order valence-electron chi connectivity index (χ1n) is 7.48. The summed E-state index contributed by atoms with van der Waals surface area (Å²) < 4.78 is 16.4. The van der Waals surface area contributed by atoms with Crippen molar-refractivity contribution < 1.29 is 9.18 Å². The Kier molecular flexibility index (Phi) is 5.20. The molecule has 1 heterocycles. The summed E-state index contributed by atoms with van der Waals surface area (Å²) in [5.41, 5.74) is 1.66. The smallest absolute Gasteiger partial charge is 0.256 e. The van der Waals surface area contributed by atoms with Gasteiger partial charge in [-0.25, -0.2) is 4.39 Å². The third kappa shape index (κ3) is 4.08. The monoisotopic (exact) mass is 421 g/mol. The van der Waals surface area contributed by atoms with Gasteiger partial charge in [0.25, 0.3) is 5.91 Å². The number of hydrogen-bond acceptors (Lipinski definition) is 2. The highest BCUT2D eigenvalue weighted by atomic mass is 79.9. The lowest BCUT2D eigenvalue weighted by molar-refractivity contribution is 0.102. The van der Waals surface area contributed by atoms with Crippen molar-refractivity contribution >= 4 is 39.3 Å². The fourth-order valence-electron chi connectivity index (χ4n) is 2.38. The number of nitrogens with zero attached hydrogens (tertiary/aromatic N) is 2. The Bertz CT molecular complexity index is 922. The van der Waals surface area contributed by atoms with E-state index in [1.807, 2.05) is 13.0 Å². The van der Waals surface area contributed by atoms with Gasteiger partial charge in [0.15, 0.2) is 5.82 Å². The molecule has 0 bridgehead atoms. The van der Waals surface area contributed by atoms with Gasteiger partial charge in [-0.2, -0.15) is 5.10 Å². The summed E-state index contributed by atoms with van der Waals surface area (Å²) in [4.78, 5) is 12.3. The topological polar surface area (TPSA) is 46.9 Å². The Morgan fingerprint density at radius 1 is 1.28 bits per heavy atom. The highest BCUT2D eigenvalue weighted by Crippen LogP contribution is 2.21. The van der Waals surface area contributed by atoms with Gasteiger partial charge in [-0.05, 0) is 37.3 Å². The fraction of sp³-hybridized carbons (Fsp3) is 0.111. The molecule has 0 unspecified atom stereocenters. The molecule has 2 aromatic carbocycles. The predicted molar refractivity (Wildman–Crippen MR) is 99.6 cm³/mol. The van der Waals surface area contributed by atoms with E-state index in [9.17, 15) is 9.18 Å². The summed E-state index contributed by atoms with van der Waals surface area (Å²) in [6, 6.07) is 13.3. The van der Waals surface area contributed by atoms with Gasteiger partial charge in [-0.3, -0.25) is 9.48 Å². The molecule has 3 aromatic rings. The molecule has 128 valence electrons. The van der Waals surface area contributed by atoms with E-state index in [0.29, 0.717) is 22.0 Å². The number of carbonyl (C=O) groups excluding carboxylic acids is 1. The van der Waals surface area contributed by atoms with E-state index in [4.69, 9.17) is 11.6 Å². The van der Waals surface area contributed by atoms with Gasteiger partial charge in [-0.15, -0.1) is 0 Å². The lowest BCUT2D eigenvalue weighted by atomic mass is 10.2. The van der Waals surface area contributed by atoms with E-state index in [-0.39, 0.29) is 18.3 Å². The molecule has 1 N–H and O–H groups in total. The zero-order chi connectivity index (χ0) is 18.0. The minimum Gasteiger partial charge on any atom is -0.305 e. The average molecular weight is 423 g/mol. The van der Waals surface area contributed by atoms with E-state index in [0.717, 1.165) is 10.2 Å². The predicted octanol–water partition coefficient (Wildman–Crippen LogP) is 5.05. The molecule has 0 aliphatic carbocycles. The second-order valence-electron chi connectivity index (χ2n) is 5.49. The molecule has 1 amide bonds. The standard InChI is InChI=1S/C18H14BrClFN3O/c1-11-8-17(22-18(25)12-4-2-5-13(19)9-12)23-24(11)10-14-15(20)6-3-7-16(14)21/h2-9H,10H2,1H3,(H,22,23,25). The molecule has 0 saturated heterocycles. The highest BCUT2D eigenvalue weighted by Gasteiger charge is 2.13. The SMILES string of the molecule is Cc1cc(NC(=O)c2cccc(Br)c2)nn1Cc1c(F)cccc1Cl. The van der Waals surface area contributed by atoms with Crippen LogP contribution in [0.3, 0.4) is 0 Å². The first-order chi connectivity index (χ1) is 11.9. The van der Waals surface area contributed by atoms with Crippen LogP contribution in [0.25, 0.3) is 0 Å². The van der Waals surface area contributed by atoms with Crippen LogP contribution < -0.4 is 5.32 Å². The fourth-order valence-corrected chi connectivity index (χ4v) is 3.00. The van der Waals surface area contributed by atoms with Gasteiger partial charge < -0.3 is 5.32 Å². The number of halogens is 3. The minimum absolute atomic E-state index is 0.185. The van der Waals surface area contributed by atoms with E-state index in [2.05, 4.69) is 26.3 Å². The third-order valence-corrected chi connectivity index (χ3v) is 4.53. The maximum Gasteiger partial charge on any atom is 0.256 e. The molecule has 7 heteroatoms. The van der Waals surface area contributed by atoms with Crippen molar-refractivity contribution in [2.45, 2.75) is 13.5 Å². The molecule has 0 atom stereocenters. The van der Waals surface area contributed by atoms with Crippen LogP contribution in [-0.2, 0) is 6.54 Å². The van der Waals surface area contributed by atoms with Gasteiger partial charge in [0.2, 0.25) is 0 Å². The van der Waals surface area contributed by atoms with Crippen molar-refractivity contribution in [3.8, 4) is 0 Å². The summed E-state index contributed by atoms with van der Waals surface area (Å²) in [6.07, 6.45) is 0. The average Bonchev–Trinajstić information content (AvgIpc) is 2.90. The van der Waals surface area contributed by atoms with E-state index < -0.39 is 0 Å². The minimum atomic E-state index is -0.387. The van der Waals surface area contributed by atoms with E-state index >= 15 is 0 Å². The molecule has 0 radical (unpaired) electrons. The number of aryl methyl sites for hydroxylation is 1. The number of carbonyl (C=O) groups is 1. The van der Waals surface area contributed by atoms with Crippen LogP contribution in [0.1, 0.15) is 21.6 Å². The molecular formula is C18H14BrClFN3O. The van der Waals surface area contributed by atoms with Gasteiger partial charge in [0, 0.05) is 32.4 Å². The number of nitrogens with one attached hydrogen (secondary N) is 1. The second kappa shape index (κ2) is 7.37. The number of amides is 1. The summed E-state index contributed by atoms with van der Waals surface area (Å²) in [6.45, 7) is 2.01. The zero-order valence-electron chi connectivity index (χ0n) is 13.3. The molecule has 1 aromatic heterocycles. The van der Waals surface area contributed by atoms with Crippen LogP contribution in [0.4, 0.5) is 10.2 Å². The summed E-state index contributed by atoms with van der Waals surface area (Å²) in [7, 11) is 0. The van der Waals surface area contributed by atoms with Crippen molar-refractivity contribution in [3.63, 3.8) is 0 Å². The Balaban J connectivity index is 1.80. The first-order valence-corrected chi connectivity index (χ1v) is 8.65. The highest BCUT2D eigenvalue weighted by molar-refractivity contribution is 9.10. The van der Waals surface area contributed by atoms with E-state index in [1.165, 1.54) is 6.07 Å². The number of aromatic nitrogens is 2. The van der Waals surface area contributed by atoms with Crippen LogP contribution in [0.2, 0.25) is 5.02 Å². The van der Waals surface area contributed by atoms with Gasteiger partial charge in [-0.1, -0.05) is 39.7 Å². The lowest BCUT2D eigenvalue weighted by Gasteiger charge is -2.07. The van der Waals surface area contributed by atoms with Crippen molar-refractivity contribution in [2.24, 2.45) is 0 Å². The Morgan fingerprint density at radius 3 is 2.76 bits per heavy atom. The quantitative estimate of drug-likeness (QED) is 0.640. The van der Waals surface area contributed by atoms with Crippen LogP contribution in [0, 0.1) is 12.7 Å². The molecule has 0 saturated carbocycles. The van der Waals surface area contributed by atoms with Crippen LogP contribution in [-0.4, -0.2) is 15.7 Å². The largest absolute Gasteiger partial charge is 0.305 e. The van der Waals surface area contributed by atoms with Crippen LogP contribution >= 0.6 is 27.5 Å². The maximum absolute atomic E-state index is 13.9. The third-order valence-electron chi connectivity index (χ3n) is 3.68. The first kappa shape index (κ1) is 17.6. The van der Waals surface area contributed by atoms with Crippen LogP contribution in [0.15, 0.2) is 53.0 Å². The lowest BCUT2D eigenvalue weighted by Crippen LogP contribution is -2.13. The molecule has 0 fully saturated rings. The van der Waals surface area contributed by atoms with Gasteiger partial charge in [0.1, 0.15) is 5.82 Å². The van der Waals surface area contributed by atoms with Gasteiger partial charge >= 0.3 is 0 Å². The normalized spacial score (nSPS) is 10.7. The molecule has 0 aliphatic heterocycles. The van der Waals surface area contributed by atoms with Crippen molar-refractivity contribution in [1.82, 2.24) is 9.78 Å². The molecular weight excluding hydrogens is 409 g/mol. The van der Waals surface area contributed by atoms with E-state index in [1.54, 1.807) is 41.1 Å². The summed E-state index contributed by atoms with van der Waals surface area (Å²) in [5, 5.41) is 7.41. The number of rotatable bonds is 4. The van der Waals surface area contributed by atoms with Crippen molar-refractivity contribution in [1.29, 1.82) is 0 Å². The molecule has 25 heavy (non-hydrogen) atoms. The van der Waals surface area contributed by atoms with Gasteiger partial charge in [0.05, 0.1) is 6.54 Å². The number of anilines is 1. The molecule has 0 aliphatic rings. The number of benzene rings is 2. The Hall–Kier alpha value is -2.18. The Labute approximate surface area is 157 Å². The second-order valence-corrected chi connectivity index (χ2v) is 6.82. The summed E-state index contributed by atoms with van der Waals surface area (Å²) in [5.74, 6) is -0.257.